The number of nitrogens with one attached hydrogen (secondary N) is 1. The molecule has 0 aliphatic heterocycles. The van der Waals surface area contributed by atoms with Crippen LogP contribution in [0.1, 0.15) is 23.4 Å². The Morgan fingerprint density at radius 1 is 1.32 bits per heavy atom. The average Bonchev–Trinajstić information content (AvgIpc) is 3.07. The zero-order chi connectivity index (χ0) is 15.7. The number of hydrogen-bond acceptors (Lipinski definition) is 5. The van der Waals surface area contributed by atoms with E-state index >= 15 is 0 Å². The van der Waals surface area contributed by atoms with E-state index in [0.717, 1.165) is 17.0 Å². The summed E-state index contributed by atoms with van der Waals surface area (Å²) in [6.45, 7) is 3.89. The maximum Gasteiger partial charge on any atom is 0.252 e. The van der Waals surface area contributed by atoms with Crippen LogP contribution < -0.4 is 5.32 Å². The fourth-order valence-electron chi connectivity index (χ4n) is 2.46. The van der Waals surface area contributed by atoms with Crippen molar-refractivity contribution in [3.05, 3.63) is 35.7 Å². The van der Waals surface area contributed by atoms with Crippen LogP contribution in [0.3, 0.4) is 0 Å². The van der Waals surface area contributed by atoms with Crippen LogP contribution in [0, 0.1) is 13.8 Å². The van der Waals surface area contributed by atoms with E-state index in [-0.39, 0.29) is 5.91 Å². The van der Waals surface area contributed by atoms with Gasteiger partial charge in [-0.1, -0.05) is 0 Å². The van der Waals surface area contributed by atoms with Crippen molar-refractivity contribution in [1.29, 1.82) is 0 Å². The first-order valence-corrected chi connectivity index (χ1v) is 6.99. The molecule has 0 aliphatic carbocycles. The number of fused-ring (bicyclic) bond motifs is 1. The molecule has 3 aromatic heterocycles. The van der Waals surface area contributed by atoms with E-state index in [1.54, 1.807) is 28.6 Å². The molecule has 114 valence electrons. The number of nitrogens with zero attached hydrogens (tertiary/aromatic N) is 6. The summed E-state index contributed by atoms with van der Waals surface area (Å²) in [6.07, 6.45) is 5.84. The quantitative estimate of drug-likeness (QED) is 0.777. The summed E-state index contributed by atoms with van der Waals surface area (Å²) in [7, 11) is 1.81. The molecule has 0 spiro atoms. The summed E-state index contributed by atoms with van der Waals surface area (Å²) in [5, 5.41) is 11.0. The minimum atomic E-state index is -0.0505. The molecule has 8 nitrogen and oxygen atoms in total. The van der Waals surface area contributed by atoms with Gasteiger partial charge in [0.15, 0.2) is 0 Å². The van der Waals surface area contributed by atoms with Crippen molar-refractivity contribution < 1.29 is 4.79 Å². The molecule has 22 heavy (non-hydrogen) atoms. The Bertz CT molecular complexity index is 833. The van der Waals surface area contributed by atoms with E-state index in [4.69, 9.17) is 0 Å². The number of hydrogen-bond donors (Lipinski definition) is 1. The Morgan fingerprint density at radius 3 is 2.86 bits per heavy atom. The maximum absolute atomic E-state index is 12.0. The molecule has 0 aliphatic rings. The Morgan fingerprint density at radius 2 is 2.14 bits per heavy atom. The summed E-state index contributed by atoms with van der Waals surface area (Å²) in [6, 6.07) is 0. The van der Waals surface area contributed by atoms with Gasteiger partial charge >= 0.3 is 0 Å². The highest BCUT2D eigenvalue weighted by atomic mass is 16.1. The van der Waals surface area contributed by atoms with E-state index in [1.807, 2.05) is 13.8 Å². The lowest BCUT2D eigenvalue weighted by molar-refractivity contribution is -0.116. The molecular formula is C14H17N7O. The molecule has 0 radical (unpaired) electrons. The highest BCUT2D eigenvalue weighted by Crippen LogP contribution is 2.15. The molecule has 3 heterocycles. The van der Waals surface area contributed by atoms with Gasteiger partial charge in [0.2, 0.25) is 5.91 Å². The fraction of sp³-hybridized carbons (Fsp3) is 0.357. The normalized spacial score (nSPS) is 11.0. The molecular weight excluding hydrogens is 282 g/mol. The highest BCUT2D eigenvalue weighted by Gasteiger charge is 2.12. The van der Waals surface area contributed by atoms with Crippen molar-refractivity contribution in [2.24, 2.45) is 7.05 Å². The number of aromatic nitrogens is 6. The summed E-state index contributed by atoms with van der Waals surface area (Å²) in [5.74, 6) is 0.532. The molecule has 0 fully saturated rings. The third-order valence-corrected chi connectivity index (χ3v) is 3.58. The van der Waals surface area contributed by atoms with Gasteiger partial charge in [-0.25, -0.2) is 9.50 Å². The van der Waals surface area contributed by atoms with Crippen LogP contribution in [0.2, 0.25) is 0 Å². The van der Waals surface area contributed by atoms with Gasteiger partial charge in [-0.3, -0.25) is 9.48 Å². The van der Waals surface area contributed by atoms with E-state index in [1.165, 1.54) is 6.33 Å². The van der Waals surface area contributed by atoms with Gasteiger partial charge in [-0.05, 0) is 25.8 Å². The molecule has 0 saturated carbocycles. The molecule has 0 saturated heterocycles. The Balaban J connectivity index is 1.72. The van der Waals surface area contributed by atoms with E-state index < -0.39 is 0 Å². The third-order valence-electron chi connectivity index (χ3n) is 3.58. The van der Waals surface area contributed by atoms with Gasteiger partial charge in [0.25, 0.3) is 5.78 Å². The van der Waals surface area contributed by atoms with Gasteiger partial charge in [-0.15, -0.1) is 0 Å². The van der Waals surface area contributed by atoms with Gasteiger partial charge in [0.05, 0.1) is 11.9 Å². The number of carbonyl (C=O) groups is 1. The van der Waals surface area contributed by atoms with Crippen molar-refractivity contribution in [2.45, 2.75) is 26.7 Å². The molecule has 3 rings (SSSR count). The predicted molar refractivity (Wildman–Crippen MR) is 80.4 cm³/mol. The second kappa shape index (κ2) is 5.55. The summed E-state index contributed by atoms with van der Waals surface area (Å²) >= 11 is 0. The Labute approximate surface area is 127 Å². The van der Waals surface area contributed by atoms with Crippen LogP contribution in [0.15, 0.2) is 18.7 Å². The maximum atomic E-state index is 12.0. The van der Waals surface area contributed by atoms with Gasteiger partial charge in [0, 0.05) is 31.1 Å². The van der Waals surface area contributed by atoms with Gasteiger partial charge in [-0.2, -0.15) is 15.2 Å². The van der Waals surface area contributed by atoms with Crippen molar-refractivity contribution in [2.75, 3.05) is 5.32 Å². The fourth-order valence-corrected chi connectivity index (χ4v) is 2.46. The van der Waals surface area contributed by atoms with Crippen LogP contribution in [-0.4, -0.2) is 35.3 Å². The summed E-state index contributed by atoms with van der Waals surface area (Å²) in [5.41, 5.74) is 3.58. The standard InChI is InChI=1S/C14H17N7O/c1-9-12(10(2)21-14(18-9)15-8-17-21)4-5-13(22)19-11-6-16-20(3)7-11/h6-8H,4-5H2,1-3H3,(H,19,22). The second-order valence-corrected chi connectivity index (χ2v) is 5.18. The smallest absolute Gasteiger partial charge is 0.252 e. The van der Waals surface area contributed by atoms with Crippen molar-refractivity contribution in [1.82, 2.24) is 29.4 Å². The van der Waals surface area contributed by atoms with E-state index in [9.17, 15) is 4.79 Å². The van der Waals surface area contributed by atoms with Crippen LogP contribution in [0.25, 0.3) is 5.78 Å². The van der Waals surface area contributed by atoms with Crippen molar-refractivity contribution in [3.63, 3.8) is 0 Å². The monoisotopic (exact) mass is 299 g/mol. The summed E-state index contributed by atoms with van der Waals surface area (Å²) in [4.78, 5) is 20.5. The Hall–Kier alpha value is -2.77. The number of rotatable bonds is 4. The Kier molecular flexibility index (Phi) is 3.58. The molecule has 3 aromatic rings. The lowest BCUT2D eigenvalue weighted by Gasteiger charge is -2.10. The molecule has 8 heteroatoms. The average molecular weight is 299 g/mol. The van der Waals surface area contributed by atoms with Crippen LogP contribution in [-0.2, 0) is 18.3 Å². The molecule has 1 amide bonds. The number of amides is 1. The highest BCUT2D eigenvalue weighted by molar-refractivity contribution is 5.90. The van der Waals surface area contributed by atoms with Gasteiger partial charge < -0.3 is 5.32 Å². The molecule has 0 unspecified atom stereocenters. The zero-order valence-corrected chi connectivity index (χ0v) is 12.7. The van der Waals surface area contributed by atoms with Crippen LogP contribution in [0.4, 0.5) is 5.69 Å². The lowest BCUT2D eigenvalue weighted by Crippen LogP contribution is -2.14. The first kappa shape index (κ1) is 14.2. The third kappa shape index (κ3) is 2.67. The van der Waals surface area contributed by atoms with E-state index in [2.05, 4.69) is 25.5 Å². The van der Waals surface area contributed by atoms with Crippen LogP contribution >= 0.6 is 0 Å². The van der Waals surface area contributed by atoms with Crippen molar-refractivity contribution >= 4 is 17.4 Å². The largest absolute Gasteiger partial charge is 0.323 e. The lowest BCUT2D eigenvalue weighted by atomic mass is 10.1. The first-order chi connectivity index (χ1) is 10.5. The minimum Gasteiger partial charge on any atom is -0.323 e. The SMILES string of the molecule is Cc1nc2ncnn2c(C)c1CCC(=O)Nc1cnn(C)c1. The summed E-state index contributed by atoms with van der Waals surface area (Å²) < 4.78 is 3.34. The van der Waals surface area contributed by atoms with Gasteiger partial charge in [0.1, 0.15) is 6.33 Å². The second-order valence-electron chi connectivity index (χ2n) is 5.18. The van der Waals surface area contributed by atoms with E-state index in [0.29, 0.717) is 24.3 Å². The molecule has 0 aromatic carbocycles. The number of carbonyl (C=O) groups excluding carboxylic acids is 1. The number of aryl methyl sites for hydroxylation is 3. The number of anilines is 1. The predicted octanol–water partition coefficient (Wildman–Crippen LogP) is 1.05. The van der Waals surface area contributed by atoms with Crippen LogP contribution in [0.5, 0.6) is 0 Å². The minimum absolute atomic E-state index is 0.0505. The molecule has 0 atom stereocenters. The topological polar surface area (TPSA) is 90.0 Å². The molecule has 1 N–H and O–H groups in total. The molecule has 0 bridgehead atoms. The van der Waals surface area contributed by atoms with Crippen molar-refractivity contribution in [3.8, 4) is 0 Å². The zero-order valence-electron chi connectivity index (χ0n) is 12.7. The first-order valence-electron chi connectivity index (χ1n) is 6.99.